The van der Waals surface area contributed by atoms with Gasteiger partial charge in [-0.1, -0.05) is 66.7 Å². The predicted octanol–water partition coefficient (Wildman–Crippen LogP) is 3.66. The third-order valence-electron chi connectivity index (χ3n) is 6.39. The van der Waals surface area contributed by atoms with E-state index in [0.29, 0.717) is 12.2 Å². The molecule has 0 unspecified atom stereocenters. The van der Waals surface area contributed by atoms with Crippen molar-refractivity contribution in [2.24, 2.45) is 0 Å². The summed E-state index contributed by atoms with van der Waals surface area (Å²) in [7, 11) is 2.85. The van der Waals surface area contributed by atoms with Crippen molar-refractivity contribution < 1.29 is 28.6 Å². The molecule has 8 nitrogen and oxygen atoms in total. The van der Waals surface area contributed by atoms with E-state index in [1.54, 1.807) is 19.2 Å². The van der Waals surface area contributed by atoms with E-state index in [0.717, 1.165) is 22.3 Å². The SMILES string of the molecule is COC(=O)[C@@H](Cc1ccc(OC)cc1)NC(=O)[C@@H]1Cc2ccccc2CN1C(=O)OCc1ccccc1. The molecule has 3 aromatic rings. The Morgan fingerprint density at radius 2 is 1.57 bits per heavy atom. The Hall–Kier alpha value is -4.33. The zero-order valence-electron chi connectivity index (χ0n) is 20.9. The Bertz CT molecular complexity index is 1230. The smallest absolute Gasteiger partial charge is 0.411 e. The van der Waals surface area contributed by atoms with E-state index >= 15 is 0 Å². The third-order valence-corrected chi connectivity index (χ3v) is 6.39. The van der Waals surface area contributed by atoms with Gasteiger partial charge in [0.15, 0.2) is 0 Å². The van der Waals surface area contributed by atoms with Crippen LogP contribution in [0, 0.1) is 0 Å². The lowest BCUT2D eigenvalue weighted by atomic mass is 9.93. The number of hydrogen-bond acceptors (Lipinski definition) is 6. The standard InChI is InChI=1S/C29H30N2O6/c1-35-24-14-12-20(13-15-24)16-25(28(33)36-2)30-27(32)26-17-22-10-6-7-11-23(22)18-31(26)29(34)37-19-21-8-4-3-5-9-21/h3-15,25-26H,16-19H2,1-2H3,(H,30,32)/t25-,26+/m1/s1. The molecule has 0 saturated carbocycles. The average Bonchev–Trinajstić information content (AvgIpc) is 2.95. The van der Waals surface area contributed by atoms with Crippen molar-refractivity contribution in [2.75, 3.05) is 14.2 Å². The van der Waals surface area contributed by atoms with Crippen molar-refractivity contribution in [1.29, 1.82) is 0 Å². The molecule has 8 heteroatoms. The lowest BCUT2D eigenvalue weighted by molar-refractivity contribution is -0.145. The molecule has 0 fully saturated rings. The molecule has 0 radical (unpaired) electrons. The molecular weight excluding hydrogens is 472 g/mol. The molecule has 0 spiro atoms. The molecule has 2 atom stereocenters. The van der Waals surface area contributed by atoms with Crippen LogP contribution in [0.1, 0.15) is 22.3 Å². The lowest BCUT2D eigenvalue weighted by Gasteiger charge is -2.35. The summed E-state index contributed by atoms with van der Waals surface area (Å²) in [5.41, 5.74) is 3.59. The molecule has 37 heavy (non-hydrogen) atoms. The molecule has 0 aliphatic carbocycles. The third kappa shape index (κ3) is 6.46. The fraction of sp³-hybridized carbons (Fsp3) is 0.276. The molecule has 1 aliphatic rings. The minimum absolute atomic E-state index is 0.0917. The summed E-state index contributed by atoms with van der Waals surface area (Å²) >= 11 is 0. The highest BCUT2D eigenvalue weighted by Gasteiger charge is 2.37. The van der Waals surface area contributed by atoms with Crippen LogP contribution in [0.3, 0.4) is 0 Å². The van der Waals surface area contributed by atoms with E-state index < -0.39 is 30.1 Å². The Balaban J connectivity index is 1.52. The zero-order chi connectivity index (χ0) is 26.2. The maximum Gasteiger partial charge on any atom is 0.411 e. The van der Waals surface area contributed by atoms with Crippen molar-refractivity contribution >= 4 is 18.0 Å². The average molecular weight is 503 g/mol. The van der Waals surface area contributed by atoms with Crippen LogP contribution in [-0.2, 0) is 45.1 Å². The summed E-state index contributed by atoms with van der Waals surface area (Å²) in [5.74, 6) is -0.332. The maximum atomic E-state index is 13.5. The number of hydrogen-bond donors (Lipinski definition) is 1. The first-order valence-electron chi connectivity index (χ1n) is 12.0. The monoisotopic (exact) mass is 502 g/mol. The van der Waals surface area contributed by atoms with Gasteiger partial charge in [0, 0.05) is 12.8 Å². The summed E-state index contributed by atoms with van der Waals surface area (Å²) in [5, 5.41) is 2.81. The summed E-state index contributed by atoms with van der Waals surface area (Å²) in [6, 6.07) is 22.5. The van der Waals surface area contributed by atoms with E-state index in [9.17, 15) is 14.4 Å². The normalized spacial score (nSPS) is 15.2. The minimum atomic E-state index is -0.926. The fourth-order valence-electron chi connectivity index (χ4n) is 4.35. The molecule has 1 N–H and O–H groups in total. The predicted molar refractivity (Wildman–Crippen MR) is 137 cm³/mol. The molecule has 1 heterocycles. The van der Waals surface area contributed by atoms with Crippen molar-refractivity contribution in [2.45, 2.75) is 38.1 Å². The van der Waals surface area contributed by atoms with Crippen molar-refractivity contribution in [1.82, 2.24) is 10.2 Å². The highest BCUT2D eigenvalue weighted by Crippen LogP contribution is 2.25. The van der Waals surface area contributed by atoms with E-state index in [1.807, 2.05) is 66.7 Å². The maximum absolute atomic E-state index is 13.5. The van der Waals surface area contributed by atoms with Gasteiger partial charge in [0.2, 0.25) is 5.91 Å². The first-order valence-corrected chi connectivity index (χ1v) is 12.0. The second-order valence-electron chi connectivity index (χ2n) is 8.79. The van der Waals surface area contributed by atoms with E-state index in [1.165, 1.54) is 12.0 Å². The number of carbonyl (C=O) groups is 3. The minimum Gasteiger partial charge on any atom is -0.497 e. The molecule has 0 bridgehead atoms. The van der Waals surface area contributed by atoms with Gasteiger partial charge >= 0.3 is 12.1 Å². The molecule has 4 rings (SSSR count). The topological polar surface area (TPSA) is 94.2 Å². The summed E-state index contributed by atoms with van der Waals surface area (Å²) in [6.45, 7) is 0.317. The summed E-state index contributed by atoms with van der Waals surface area (Å²) in [4.78, 5) is 40.7. The molecule has 1 aliphatic heterocycles. The number of benzene rings is 3. The second kappa shape index (κ2) is 12.1. The number of ether oxygens (including phenoxy) is 3. The first kappa shape index (κ1) is 25.8. The number of esters is 1. The number of fused-ring (bicyclic) bond motifs is 1. The Labute approximate surface area is 216 Å². The van der Waals surface area contributed by atoms with Crippen molar-refractivity contribution in [3.05, 3.63) is 101 Å². The fourth-order valence-corrected chi connectivity index (χ4v) is 4.35. The largest absolute Gasteiger partial charge is 0.497 e. The number of rotatable bonds is 8. The van der Waals surface area contributed by atoms with Crippen molar-refractivity contribution in [3.63, 3.8) is 0 Å². The van der Waals surface area contributed by atoms with Gasteiger partial charge in [-0.05, 0) is 34.4 Å². The van der Waals surface area contributed by atoms with Crippen LogP contribution in [-0.4, -0.2) is 49.2 Å². The highest BCUT2D eigenvalue weighted by atomic mass is 16.6. The van der Waals surface area contributed by atoms with Crippen LogP contribution in [0.4, 0.5) is 4.79 Å². The quantitative estimate of drug-likeness (QED) is 0.473. The summed E-state index contributed by atoms with van der Waals surface area (Å²) < 4.78 is 15.7. The Morgan fingerprint density at radius 3 is 2.24 bits per heavy atom. The molecule has 3 aromatic carbocycles. The number of amides is 2. The molecule has 2 amide bonds. The van der Waals surface area contributed by atoms with Crippen LogP contribution >= 0.6 is 0 Å². The number of carbonyl (C=O) groups excluding carboxylic acids is 3. The molecule has 192 valence electrons. The van der Waals surface area contributed by atoms with Gasteiger partial charge in [-0.3, -0.25) is 9.69 Å². The van der Waals surface area contributed by atoms with E-state index in [4.69, 9.17) is 14.2 Å². The van der Waals surface area contributed by atoms with Gasteiger partial charge in [-0.15, -0.1) is 0 Å². The van der Waals surface area contributed by atoms with Crippen LogP contribution < -0.4 is 10.1 Å². The Kier molecular flexibility index (Phi) is 8.40. The van der Waals surface area contributed by atoms with Crippen molar-refractivity contribution in [3.8, 4) is 5.75 Å². The zero-order valence-corrected chi connectivity index (χ0v) is 20.9. The highest BCUT2D eigenvalue weighted by molar-refractivity contribution is 5.90. The Morgan fingerprint density at radius 1 is 0.892 bits per heavy atom. The molecule has 0 aromatic heterocycles. The molecule has 0 saturated heterocycles. The van der Waals surface area contributed by atoms with Gasteiger partial charge < -0.3 is 19.5 Å². The second-order valence-corrected chi connectivity index (χ2v) is 8.79. The number of nitrogens with one attached hydrogen (secondary N) is 1. The van der Waals surface area contributed by atoms with E-state index in [-0.39, 0.29) is 19.6 Å². The summed E-state index contributed by atoms with van der Waals surface area (Å²) in [6.07, 6.45) is -0.0634. The van der Waals surface area contributed by atoms with Gasteiger partial charge in [0.05, 0.1) is 20.8 Å². The molecular formula is C29H30N2O6. The van der Waals surface area contributed by atoms with Crippen LogP contribution in [0.2, 0.25) is 0 Å². The van der Waals surface area contributed by atoms with Gasteiger partial charge in [0.1, 0.15) is 24.4 Å². The van der Waals surface area contributed by atoms with Gasteiger partial charge in [-0.25, -0.2) is 9.59 Å². The van der Waals surface area contributed by atoms with Crippen LogP contribution in [0.5, 0.6) is 5.75 Å². The van der Waals surface area contributed by atoms with Crippen LogP contribution in [0.25, 0.3) is 0 Å². The number of methoxy groups -OCH3 is 2. The number of nitrogens with zero attached hydrogens (tertiary/aromatic N) is 1. The van der Waals surface area contributed by atoms with Crippen LogP contribution in [0.15, 0.2) is 78.9 Å². The van der Waals surface area contributed by atoms with Gasteiger partial charge in [-0.2, -0.15) is 0 Å². The lowest BCUT2D eigenvalue weighted by Crippen LogP contribution is -2.56. The van der Waals surface area contributed by atoms with Gasteiger partial charge in [0.25, 0.3) is 0 Å². The van der Waals surface area contributed by atoms with E-state index in [2.05, 4.69) is 5.32 Å². The first-order chi connectivity index (χ1) is 18.0.